The van der Waals surface area contributed by atoms with Crippen LogP contribution in [0.15, 0.2) is 0 Å². The molecule has 2 heterocycles. The second-order valence-electron chi connectivity index (χ2n) is 3.29. The van der Waals surface area contributed by atoms with Gasteiger partial charge in [0, 0.05) is 12.0 Å². The molecule has 0 bridgehead atoms. The number of nitrogens with two attached hydrogens (primary N) is 1. The third-order valence-electron chi connectivity index (χ3n) is 2.16. The van der Waals surface area contributed by atoms with Crippen LogP contribution in [0.3, 0.4) is 0 Å². The Morgan fingerprint density at radius 2 is 2.29 bits per heavy atom. The highest BCUT2D eigenvalue weighted by atomic mass is 127. The summed E-state index contributed by atoms with van der Waals surface area (Å²) in [4.78, 5) is 19.3. The number of nitrogens with one attached hydrogen (secondary N) is 1. The molecule has 1 atom stereocenters. The number of carbonyl (C=O) groups is 1. The smallest absolute Gasteiger partial charge is 0.226 e. The molecule has 14 heavy (non-hydrogen) atoms. The molecular formula is C8H9IN4O. The van der Waals surface area contributed by atoms with E-state index in [0.29, 0.717) is 12.2 Å². The molecule has 6 heteroatoms. The van der Waals surface area contributed by atoms with E-state index in [9.17, 15) is 4.79 Å². The normalized spacial score (nSPS) is 20.1. The van der Waals surface area contributed by atoms with Crippen molar-refractivity contribution < 1.29 is 4.79 Å². The van der Waals surface area contributed by atoms with Crippen LogP contribution in [0.5, 0.6) is 0 Å². The van der Waals surface area contributed by atoms with Crippen molar-refractivity contribution in [2.45, 2.75) is 19.3 Å². The van der Waals surface area contributed by atoms with Gasteiger partial charge in [-0.15, -0.1) is 0 Å². The summed E-state index contributed by atoms with van der Waals surface area (Å²) in [6, 6.07) is 0. The number of carbonyl (C=O) groups excluding carboxylic acids is 1. The summed E-state index contributed by atoms with van der Waals surface area (Å²) in [7, 11) is 0. The van der Waals surface area contributed by atoms with Gasteiger partial charge in [-0.1, -0.05) is 6.92 Å². The first-order valence-electron chi connectivity index (χ1n) is 4.20. The van der Waals surface area contributed by atoms with Crippen LogP contribution < -0.4 is 11.1 Å². The minimum atomic E-state index is -0.0149. The lowest BCUT2D eigenvalue weighted by Crippen LogP contribution is -2.24. The molecule has 0 radical (unpaired) electrons. The average Bonchev–Trinajstić information content (AvgIpc) is 1.99. The Kier molecular flexibility index (Phi) is 2.30. The molecule has 0 aromatic carbocycles. The first-order chi connectivity index (χ1) is 6.58. The maximum absolute atomic E-state index is 11.2. The molecule has 1 unspecified atom stereocenters. The van der Waals surface area contributed by atoms with Gasteiger partial charge < -0.3 is 11.1 Å². The fourth-order valence-corrected chi connectivity index (χ4v) is 2.59. The molecule has 0 saturated carbocycles. The van der Waals surface area contributed by atoms with Gasteiger partial charge in [-0.25, -0.2) is 4.98 Å². The summed E-state index contributed by atoms with van der Waals surface area (Å²) in [5.41, 5.74) is 6.48. The number of amides is 1. The van der Waals surface area contributed by atoms with Gasteiger partial charge in [0.15, 0.2) is 0 Å². The van der Waals surface area contributed by atoms with Crippen LogP contribution in [0, 0.1) is 3.70 Å². The Morgan fingerprint density at radius 1 is 1.57 bits per heavy atom. The van der Waals surface area contributed by atoms with E-state index in [1.807, 2.05) is 6.92 Å². The van der Waals surface area contributed by atoms with Crippen molar-refractivity contribution in [2.75, 3.05) is 11.1 Å². The molecule has 0 spiro atoms. The van der Waals surface area contributed by atoms with E-state index in [-0.39, 0.29) is 17.8 Å². The van der Waals surface area contributed by atoms with E-state index in [0.717, 1.165) is 9.26 Å². The maximum atomic E-state index is 11.2. The number of halogens is 1. The Hall–Kier alpha value is -0.920. The number of rotatable bonds is 0. The summed E-state index contributed by atoms with van der Waals surface area (Å²) in [6.07, 6.45) is 0.482. The fraction of sp³-hybridized carbons (Fsp3) is 0.375. The second kappa shape index (κ2) is 3.34. The van der Waals surface area contributed by atoms with Gasteiger partial charge in [-0.2, -0.15) is 4.98 Å². The van der Waals surface area contributed by atoms with E-state index in [1.165, 1.54) is 0 Å². The molecule has 1 aliphatic rings. The third kappa shape index (κ3) is 1.54. The first-order valence-corrected chi connectivity index (χ1v) is 5.28. The van der Waals surface area contributed by atoms with Gasteiger partial charge >= 0.3 is 0 Å². The molecule has 0 saturated heterocycles. The van der Waals surface area contributed by atoms with Crippen molar-refractivity contribution in [1.82, 2.24) is 9.97 Å². The summed E-state index contributed by atoms with van der Waals surface area (Å²) < 4.78 is 0.817. The van der Waals surface area contributed by atoms with E-state index in [2.05, 4.69) is 37.9 Å². The lowest BCUT2D eigenvalue weighted by Gasteiger charge is -2.22. The number of anilines is 2. The largest absolute Gasteiger partial charge is 0.368 e. The molecule has 1 amide bonds. The van der Waals surface area contributed by atoms with Crippen LogP contribution >= 0.6 is 22.6 Å². The van der Waals surface area contributed by atoms with Gasteiger partial charge in [0.25, 0.3) is 0 Å². The van der Waals surface area contributed by atoms with Crippen LogP contribution in [0.2, 0.25) is 0 Å². The second-order valence-corrected chi connectivity index (χ2v) is 4.31. The average molecular weight is 304 g/mol. The van der Waals surface area contributed by atoms with Crippen LogP contribution in [0.4, 0.5) is 11.8 Å². The minimum absolute atomic E-state index is 0.0149. The molecule has 3 N–H and O–H groups in total. The first kappa shape index (κ1) is 9.63. The molecule has 2 rings (SSSR count). The maximum Gasteiger partial charge on any atom is 0.226 e. The Balaban J connectivity index is 2.58. The van der Waals surface area contributed by atoms with Crippen molar-refractivity contribution in [2.24, 2.45) is 0 Å². The van der Waals surface area contributed by atoms with E-state index >= 15 is 0 Å². The number of hydrogen-bond acceptors (Lipinski definition) is 4. The number of nitrogens with zero attached hydrogens (tertiary/aromatic N) is 2. The fourth-order valence-electron chi connectivity index (χ4n) is 1.55. The summed E-state index contributed by atoms with van der Waals surface area (Å²) >= 11 is 2.11. The standard InChI is InChI=1S/C8H9IN4O/c1-3-2-4(14)11-7-5(3)6(9)12-8(10)13-7/h3H,2H2,1H3,(H3,10,11,12,13,14). The summed E-state index contributed by atoms with van der Waals surface area (Å²) in [5, 5.41) is 2.70. The summed E-state index contributed by atoms with van der Waals surface area (Å²) in [6.45, 7) is 1.99. The number of aromatic nitrogens is 2. The predicted octanol–water partition coefficient (Wildman–Crippen LogP) is 1.11. The Morgan fingerprint density at radius 3 is 3.00 bits per heavy atom. The lowest BCUT2D eigenvalue weighted by atomic mass is 9.96. The van der Waals surface area contributed by atoms with Gasteiger partial charge in [0.1, 0.15) is 9.52 Å². The Labute approximate surface area is 94.6 Å². The molecule has 74 valence electrons. The van der Waals surface area contributed by atoms with E-state index in [4.69, 9.17) is 5.73 Å². The van der Waals surface area contributed by atoms with Crippen molar-refractivity contribution in [3.8, 4) is 0 Å². The van der Waals surface area contributed by atoms with Gasteiger partial charge in [-0.3, -0.25) is 4.79 Å². The number of fused-ring (bicyclic) bond motifs is 1. The molecule has 1 aromatic heterocycles. The molecule has 1 aliphatic heterocycles. The monoisotopic (exact) mass is 304 g/mol. The van der Waals surface area contributed by atoms with Gasteiger partial charge in [-0.05, 0) is 28.5 Å². The van der Waals surface area contributed by atoms with E-state index in [1.54, 1.807) is 0 Å². The van der Waals surface area contributed by atoms with Gasteiger partial charge in [0.2, 0.25) is 11.9 Å². The zero-order valence-corrected chi connectivity index (χ0v) is 9.70. The zero-order valence-electron chi connectivity index (χ0n) is 7.54. The van der Waals surface area contributed by atoms with Crippen LogP contribution in [-0.4, -0.2) is 15.9 Å². The molecule has 0 fully saturated rings. The topological polar surface area (TPSA) is 80.9 Å². The Bertz CT molecular complexity index is 407. The SMILES string of the molecule is CC1CC(=O)Nc2nc(N)nc(I)c21. The predicted molar refractivity (Wildman–Crippen MR) is 60.8 cm³/mol. The van der Waals surface area contributed by atoms with Crippen molar-refractivity contribution in [3.05, 3.63) is 9.26 Å². The highest BCUT2D eigenvalue weighted by Gasteiger charge is 2.26. The number of hydrogen-bond donors (Lipinski definition) is 2. The van der Waals surface area contributed by atoms with Crippen LogP contribution in [0.1, 0.15) is 24.8 Å². The minimum Gasteiger partial charge on any atom is -0.368 e. The van der Waals surface area contributed by atoms with Gasteiger partial charge in [0.05, 0.1) is 0 Å². The van der Waals surface area contributed by atoms with Crippen LogP contribution in [0.25, 0.3) is 0 Å². The zero-order chi connectivity index (χ0) is 10.3. The van der Waals surface area contributed by atoms with Crippen molar-refractivity contribution in [1.29, 1.82) is 0 Å². The number of nitrogen functional groups attached to an aromatic ring is 1. The highest BCUT2D eigenvalue weighted by Crippen LogP contribution is 2.33. The van der Waals surface area contributed by atoms with Crippen molar-refractivity contribution in [3.63, 3.8) is 0 Å². The molecule has 1 aromatic rings. The highest BCUT2D eigenvalue weighted by molar-refractivity contribution is 14.1. The molecular weight excluding hydrogens is 295 g/mol. The molecule has 0 aliphatic carbocycles. The van der Waals surface area contributed by atoms with E-state index < -0.39 is 0 Å². The quantitative estimate of drug-likeness (QED) is 0.556. The molecule has 5 nitrogen and oxygen atoms in total. The third-order valence-corrected chi connectivity index (χ3v) is 2.98. The summed E-state index contributed by atoms with van der Waals surface area (Å²) in [5.74, 6) is 0.901. The lowest BCUT2D eigenvalue weighted by molar-refractivity contribution is -0.116. The van der Waals surface area contributed by atoms with Crippen LogP contribution in [-0.2, 0) is 4.79 Å². The van der Waals surface area contributed by atoms with Crippen molar-refractivity contribution >= 4 is 40.3 Å².